The molecule has 2 atom stereocenters. The Kier molecular flexibility index (Phi) is 6.77. The molecule has 34 heavy (non-hydrogen) atoms. The molecule has 3 N–H and O–H groups in total. The van der Waals surface area contributed by atoms with E-state index in [1.807, 2.05) is 0 Å². The van der Waals surface area contributed by atoms with Crippen LogP contribution >= 0.6 is 34.9 Å². The minimum absolute atomic E-state index is 0.169. The molecule has 0 saturated carbocycles. The Morgan fingerprint density at radius 1 is 1.29 bits per heavy atom. The van der Waals surface area contributed by atoms with Gasteiger partial charge in [-0.15, -0.1) is 23.1 Å². The van der Waals surface area contributed by atoms with Crippen molar-refractivity contribution in [3.8, 4) is 0 Å². The molecule has 4 rings (SSSR count). The van der Waals surface area contributed by atoms with Crippen LogP contribution in [0.25, 0.3) is 0 Å². The van der Waals surface area contributed by atoms with Crippen molar-refractivity contribution in [2.24, 2.45) is 5.16 Å². The van der Waals surface area contributed by atoms with Crippen LogP contribution < -0.4 is 10.6 Å². The normalized spacial score (nSPS) is 22.7. The highest BCUT2D eigenvalue weighted by Gasteiger charge is 2.53. The molecule has 2 fully saturated rings. The number of thiazole rings is 1. The van der Waals surface area contributed by atoms with Gasteiger partial charge in [0, 0.05) is 22.6 Å². The molecular weight excluding hydrogens is 523 g/mol. The number of nitrogens with one attached hydrogen (secondary N) is 2. The maximum Gasteiger partial charge on any atom is 0.471 e. The van der Waals surface area contributed by atoms with Crippen LogP contribution in [0.1, 0.15) is 5.69 Å². The van der Waals surface area contributed by atoms with Gasteiger partial charge in [0.2, 0.25) is 0 Å². The van der Waals surface area contributed by atoms with Crippen molar-refractivity contribution in [2.75, 3.05) is 22.6 Å². The number of halogens is 3. The lowest BCUT2D eigenvalue weighted by atomic mass is 10.0. The van der Waals surface area contributed by atoms with Crippen LogP contribution in [-0.4, -0.2) is 85.3 Å². The molecule has 2 saturated heterocycles. The van der Waals surface area contributed by atoms with Crippen LogP contribution in [0, 0.1) is 0 Å². The molecule has 1 aromatic rings. The lowest BCUT2D eigenvalue weighted by Gasteiger charge is -2.48. The number of carboxylic acid groups (broad SMARTS) is 1. The van der Waals surface area contributed by atoms with E-state index in [9.17, 15) is 37.5 Å². The molecule has 0 radical (unpaired) electrons. The maximum absolute atomic E-state index is 13.0. The monoisotopic (exact) mass is 537 g/mol. The second kappa shape index (κ2) is 9.46. The third-order valence-corrected chi connectivity index (χ3v) is 7.85. The summed E-state index contributed by atoms with van der Waals surface area (Å²) in [4.78, 5) is 58.1. The molecule has 0 spiro atoms. The number of aliphatic carboxylic acids is 1. The number of carboxylic acids is 1. The fraction of sp³-hybridized carbons (Fsp3) is 0.412. The SMILES string of the molecule is O=C(O)C1=CCS[C@@H]2C(NC(=O)/C(=N\OC3CSC3)c3csc(NC(=O)C(F)(F)F)n3)C(=O)N12. The standard InChI is InChI=1S/C17H14F3N5O6S3/c18-17(19,20)15(30)23-16-21-7(5-34-16)9(24-31-6-3-32-4-6)11(26)22-10-12(27)25-8(14(28)29)1-2-33-13(10)25/h1,5-6,10,13H,2-4H2,(H,22,26)(H,28,29)(H,21,23,30)/b24-9-/t10?,13-/m1/s1. The van der Waals surface area contributed by atoms with Gasteiger partial charge >= 0.3 is 18.1 Å². The summed E-state index contributed by atoms with van der Waals surface area (Å²) in [5, 5.41) is 17.3. The van der Waals surface area contributed by atoms with Gasteiger partial charge in [-0.25, -0.2) is 9.78 Å². The number of oxime groups is 1. The van der Waals surface area contributed by atoms with Gasteiger partial charge in [-0.1, -0.05) is 5.16 Å². The Balaban J connectivity index is 1.50. The minimum atomic E-state index is -5.12. The third-order valence-electron chi connectivity index (χ3n) is 4.69. The summed E-state index contributed by atoms with van der Waals surface area (Å²) < 4.78 is 37.5. The number of hydrogen-bond donors (Lipinski definition) is 3. The van der Waals surface area contributed by atoms with Crippen molar-refractivity contribution in [1.29, 1.82) is 0 Å². The van der Waals surface area contributed by atoms with Crippen LogP contribution in [0.4, 0.5) is 18.3 Å². The fourth-order valence-electron chi connectivity index (χ4n) is 2.96. The van der Waals surface area contributed by atoms with Gasteiger partial charge in [0.15, 0.2) is 10.8 Å². The fourth-order valence-corrected chi connectivity index (χ4v) is 5.40. The Bertz CT molecular complexity index is 1100. The number of nitrogens with zero attached hydrogens (tertiary/aromatic N) is 3. The highest BCUT2D eigenvalue weighted by atomic mass is 32.2. The van der Waals surface area contributed by atoms with Gasteiger partial charge in [0.1, 0.15) is 28.9 Å². The number of fused-ring (bicyclic) bond motifs is 1. The zero-order valence-electron chi connectivity index (χ0n) is 16.7. The lowest BCUT2D eigenvalue weighted by molar-refractivity contribution is -0.167. The molecule has 3 amide bonds. The zero-order valence-corrected chi connectivity index (χ0v) is 19.1. The van der Waals surface area contributed by atoms with Crippen molar-refractivity contribution in [1.82, 2.24) is 15.2 Å². The molecule has 0 aliphatic carbocycles. The molecule has 11 nitrogen and oxygen atoms in total. The summed E-state index contributed by atoms with van der Waals surface area (Å²) >= 11 is 3.47. The zero-order chi connectivity index (χ0) is 24.6. The Labute approximate surface area is 201 Å². The summed E-state index contributed by atoms with van der Waals surface area (Å²) in [5.74, 6) is -3.45. The number of thioether (sulfide) groups is 2. The minimum Gasteiger partial charge on any atom is -0.477 e. The highest BCUT2D eigenvalue weighted by Crippen LogP contribution is 2.37. The number of β-lactam (4-membered cyclic amide) rings is 1. The van der Waals surface area contributed by atoms with Gasteiger partial charge in [0.25, 0.3) is 11.8 Å². The predicted octanol–water partition coefficient (Wildman–Crippen LogP) is 0.848. The van der Waals surface area contributed by atoms with Crippen LogP contribution in [0.2, 0.25) is 0 Å². The van der Waals surface area contributed by atoms with E-state index in [0.29, 0.717) is 28.6 Å². The first-order valence-corrected chi connectivity index (χ1v) is 12.5. The first-order valence-electron chi connectivity index (χ1n) is 9.41. The van der Waals surface area contributed by atoms with Crippen molar-refractivity contribution in [3.63, 3.8) is 0 Å². The van der Waals surface area contributed by atoms with Crippen LogP contribution in [0.15, 0.2) is 22.3 Å². The second-order valence-electron chi connectivity index (χ2n) is 6.97. The predicted molar refractivity (Wildman–Crippen MR) is 116 cm³/mol. The summed E-state index contributed by atoms with van der Waals surface area (Å²) in [7, 11) is 0. The molecule has 182 valence electrons. The van der Waals surface area contributed by atoms with Crippen LogP contribution in [-0.2, 0) is 24.0 Å². The number of anilines is 1. The number of hydrogen-bond acceptors (Lipinski definition) is 10. The molecule has 0 aromatic carbocycles. The largest absolute Gasteiger partial charge is 0.477 e. The molecule has 3 aliphatic rings. The number of carbonyl (C=O) groups excluding carboxylic acids is 3. The molecule has 0 bridgehead atoms. The molecule has 1 aromatic heterocycles. The van der Waals surface area contributed by atoms with Gasteiger partial charge in [-0.2, -0.15) is 24.9 Å². The summed E-state index contributed by atoms with van der Waals surface area (Å²) in [6, 6.07) is -1.05. The maximum atomic E-state index is 13.0. The molecule has 4 heterocycles. The molecule has 3 aliphatic heterocycles. The van der Waals surface area contributed by atoms with Gasteiger partial charge in [-0.05, 0) is 6.08 Å². The van der Waals surface area contributed by atoms with E-state index in [0.717, 1.165) is 4.90 Å². The van der Waals surface area contributed by atoms with Gasteiger partial charge < -0.3 is 15.3 Å². The highest BCUT2D eigenvalue weighted by molar-refractivity contribution is 8.00. The Hall–Kier alpha value is -2.79. The number of rotatable bonds is 7. The Morgan fingerprint density at radius 3 is 2.65 bits per heavy atom. The van der Waals surface area contributed by atoms with E-state index in [1.54, 1.807) is 17.1 Å². The van der Waals surface area contributed by atoms with Crippen LogP contribution in [0.5, 0.6) is 0 Å². The number of alkyl halides is 3. The van der Waals surface area contributed by atoms with Crippen LogP contribution in [0.3, 0.4) is 0 Å². The number of carbonyl (C=O) groups is 4. The topological polar surface area (TPSA) is 150 Å². The average Bonchev–Trinajstić information content (AvgIpc) is 3.20. The quantitative estimate of drug-likeness (QED) is 0.261. The summed E-state index contributed by atoms with van der Waals surface area (Å²) in [6.07, 6.45) is -4.00. The molecule has 17 heteroatoms. The van der Waals surface area contributed by atoms with E-state index >= 15 is 0 Å². The number of amides is 3. The second-order valence-corrected chi connectivity index (χ2v) is 10.1. The van der Waals surface area contributed by atoms with Crippen molar-refractivity contribution < 1.29 is 42.3 Å². The smallest absolute Gasteiger partial charge is 0.471 e. The average molecular weight is 538 g/mol. The van der Waals surface area contributed by atoms with Crippen molar-refractivity contribution >= 4 is 69.4 Å². The third kappa shape index (κ3) is 4.85. The van der Waals surface area contributed by atoms with E-state index in [-0.39, 0.29) is 17.5 Å². The number of aromatic nitrogens is 1. The van der Waals surface area contributed by atoms with E-state index in [2.05, 4.69) is 15.5 Å². The lowest BCUT2D eigenvalue weighted by Crippen LogP contribution is -2.70. The van der Waals surface area contributed by atoms with Gasteiger partial charge in [-0.3, -0.25) is 24.6 Å². The van der Waals surface area contributed by atoms with E-state index in [4.69, 9.17) is 4.84 Å². The summed E-state index contributed by atoms with van der Waals surface area (Å²) in [6.45, 7) is 0. The van der Waals surface area contributed by atoms with E-state index < -0.39 is 52.1 Å². The van der Waals surface area contributed by atoms with Crippen molar-refractivity contribution in [3.05, 3.63) is 22.8 Å². The van der Waals surface area contributed by atoms with Crippen molar-refractivity contribution in [2.45, 2.75) is 23.7 Å². The van der Waals surface area contributed by atoms with Gasteiger partial charge in [0.05, 0.1) is 0 Å². The Morgan fingerprint density at radius 2 is 2.03 bits per heavy atom. The summed E-state index contributed by atoms with van der Waals surface area (Å²) in [5.41, 5.74) is -0.747. The molecule has 1 unspecified atom stereocenters. The molecular formula is C17H14F3N5O6S3. The first kappa shape index (κ1) is 24.3. The first-order chi connectivity index (χ1) is 16.1. The van der Waals surface area contributed by atoms with E-state index in [1.165, 1.54) is 23.2 Å².